The van der Waals surface area contributed by atoms with Gasteiger partial charge in [0, 0.05) is 6.42 Å². The van der Waals surface area contributed by atoms with Crippen LogP contribution in [0.25, 0.3) is 0 Å². The molecule has 0 N–H and O–H groups in total. The van der Waals surface area contributed by atoms with Crippen LogP contribution in [0.2, 0.25) is 0 Å². The summed E-state index contributed by atoms with van der Waals surface area (Å²) in [5, 5.41) is 0. The minimum Gasteiger partial charge on any atom is -1.00 e. The standard InChI is InChI=1S/C25H48NO2.ClH/c1-26(23-17-11-9-12-18-23,24-19-13-10-14-20-24)22-16-8-6-4-3-5-7-15-21-25(27)28-2;/h23-24H,3-22H2,1-2H3;1H/q+1;/p-1. The molecular formula is C25H48ClNO2. The molecule has 0 radical (unpaired) electrons. The first-order valence-corrected chi connectivity index (χ1v) is 12.6. The van der Waals surface area contributed by atoms with Gasteiger partial charge in [-0.3, -0.25) is 4.79 Å². The van der Waals surface area contributed by atoms with E-state index < -0.39 is 0 Å². The van der Waals surface area contributed by atoms with Crippen molar-refractivity contribution in [1.82, 2.24) is 0 Å². The summed E-state index contributed by atoms with van der Waals surface area (Å²) in [6.45, 7) is 1.43. The molecule has 0 aliphatic heterocycles. The van der Waals surface area contributed by atoms with Crippen molar-refractivity contribution in [2.24, 2.45) is 0 Å². The maximum absolute atomic E-state index is 11.1. The summed E-state index contributed by atoms with van der Waals surface area (Å²) in [6.07, 6.45) is 25.7. The average Bonchev–Trinajstić information content (AvgIpc) is 2.75. The molecule has 0 aromatic rings. The zero-order valence-corrected chi connectivity index (χ0v) is 20.2. The van der Waals surface area contributed by atoms with Crippen LogP contribution in [0, 0.1) is 0 Å². The Morgan fingerprint density at radius 1 is 0.724 bits per heavy atom. The fraction of sp³-hybridized carbons (Fsp3) is 0.960. The van der Waals surface area contributed by atoms with E-state index in [0.29, 0.717) is 6.42 Å². The molecule has 0 spiro atoms. The second-order valence-electron chi connectivity index (χ2n) is 9.81. The number of quaternary nitrogens is 1. The summed E-state index contributed by atoms with van der Waals surface area (Å²) in [4.78, 5) is 11.1. The summed E-state index contributed by atoms with van der Waals surface area (Å²) < 4.78 is 6.11. The molecule has 3 nitrogen and oxygen atoms in total. The number of rotatable bonds is 13. The van der Waals surface area contributed by atoms with E-state index in [9.17, 15) is 4.79 Å². The quantitative estimate of drug-likeness (QED) is 0.253. The lowest BCUT2D eigenvalue weighted by molar-refractivity contribution is -0.959. The van der Waals surface area contributed by atoms with Gasteiger partial charge in [0.15, 0.2) is 0 Å². The van der Waals surface area contributed by atoms with Crippen molar-refractivity contribution < 1.29 is 26.4 Å². The Bertz CT molecular complexity index is 399. The Balaban J connectivity index is 0.00000420. The molecule has 0 saturated heterocycles. The van der Waals surface area contributed by atoms with Crippen LogP contribution in [-0.4, -0.2) is 43.2 Å². The van der Waals surface area contributed by atoms with Gasteiger partial charge in [-0.15, -0.1) is 0 Å². The van der Waals surface area contributed by atoms with Gasteiger partial charge in [0.2, 0.25) is 0 Å². The second-order valence-corrected chi connectivity index (χ2v) is 9.81. The molecule has 0 amide bonds. The molecule has 2 rings (SSSR count). The van der Waals surface area contributed by atoms with Crippen LogP contribution >= 0.6 is 0 Å². The van der Waals surface area contributed by atoms with Crippen molar-refractivity contribution in [3.8, 4) is 0 Å². The summed E-state index contributed by atoms with van der Waals surface area (Å²) in [6, 6.07) is 1.90. The van der Waals surface area contributed by atoms with Gasteiger partial charge in [-0.25, -0.2) is 0 Å². The summed E-state index contributed by atoms with van der Waals surface area (Å²) >= 11 is 0. The van der Waals surface area contributed by atoms with Gasteiger partial charge in [0.05, 0.1) is 32.8 Å². The second kappa shape index (κ2) is 15.5. The van der Waals surface area contributed by atoms with E-state index in [0.717, 1.165) is 18.5 Å². The topological polar surface area (TPSA) is 26.3 Å². The maximum Gasteiger partial charge on any atom is 0.305 e. The Morgan fingerprint density at radius 2 is 1.14 bits per heavy atom. The first-order chi connectivity index (χ1) is 13.7. The van der Waals surface area contributed by atoms with Gasteiger partial charge in [-0.1, -0.05) is 44.9 Å². The fourth-order valence-electron chi connectivity index (χ4n) is 5.89. The number of carbonyl (C=O) groups excluding carboxylic acids is 1. The number of ether oxygens (including phenoxy) is 1. The van der Waals surface area contributed by atoms with Crippen LogP contribution in [0.1, 0.15) is 122 Å². The molecule has 4 heteroatoms. The van der Waals surface area contributed by atoms with Crippen molar-refractivity contribution in [2.45, 2.75) is 134 Å². The molecular weight excluding hydrogens is 382 g/mol. The fourth-order valence-corrected chi connectivity index (χ4v) is 5.89. The highest BCUT2D eigenvalue weighted by molar-refractivity contribution is 5.68. The van der Waals surface area contributed by atoms with E-state index >= 15 is 0 Å². The Labute approximate surface area is 187 Å². The van der Waals surface area contributed by atoms with Crippen LogP contribution in [0.4, 0.5) is 0 Å². The van der Waals surface area contributed by atoms with Gasteiger partial charge < -0.3 is 21.6 Å². The third kappa shape index (κ3) is 9.59. The molecule has 2 fully saturated rings. The zero-order valence-electron chi connectivity index (χ0n) is 19.4. The normalized spacial score (nSPS) is 19.0. The molecule has 0 atom stereocenters. The molecule has 2 saturated carbocycles. The molecule has 0 unspecified atom stereocenters. The van der Waals surface area contributed by atoms with E-state index in [1.165, 1.54) is 127 Å². The van der Waals surface area contributed by atoms with Gasteiger partial charge >= 0.3 is 5.97 Å². The highest BCUT2D eigenvalue weighted by Crippen LogP contribution is 2.35. The lowest BCUT2D eigenvalue weighted by atomic mass is 9.86. The number of hydrogen-bond acceptors (Lipinski definition) is 2. The smallest absolute Gasteiger partial charge is 0.305 e. The first-order valence-electron chi connectivity index (χ1n) is 12.6. The minimum absolute atomic E-state index is 0. The monoisotopic (exact) mass is 429 g/mol. The summed E-state index contributed by atoms with van der Waals surface area (Å²) in [5.74, 6) is -0.0582. The van der Waals surface area contributed by atoms with Crippen molar-refractivity contribution in [1.29, 1.82) is 0 Å². The molecule has 2 aliphatic rings. The van der Waals surface area contributed by atoms with E-state index in [2.05, 4.69) is 7.05 Å². The van der Waals surface area contributed by atoms with Crippen molar-refractivity contribution in [2.75, 3.05) is 20.7 Å². The minimum atomic E-state index is -0.0582. The first kappa shape index (κ1) is 26.8. The summed E-state index contributed by atoms with van der Waals surface area (Å²) in [5.41, 5.74) is 0. The zero-order chi connectivity index (χ0) is 20.1. The van der Waals surface area contributed by atoms with Gasteiger partial charge in [0.25, 0.3) is 0 Å². The number of nitrogens with zero attached hydrogens (tertiary/aromatic N) is 1. The van der Waals surface area contributed by atoms with Gasteiger partial charge in [-0.05, 0) is 70.6 Å². The number of unbranched alkanes of at least 4 members (excludes halogenated alkanes) is 7. The summed E-state index contributed by atoms with van der Waals surface area (Å²) in [7, 11) is 4.11. The molecule has 29 heavy (non-hydrogen) atoms. The lowest BCUT2D eigenvalue weighted by Gasteiger charge is -2.50. The molecule has 0 heterocycles. The lowest BCUT2D eigenvalue weighted by Crippen LogP contribution is -3.00. The van der Waals surface area contributed by atoms with E-state index in [1.807, 2.05) is 0 Å². The third-order valence-electron chi connectivity index (χ3n) is 7.82. The van der Waals surface area contributed by atoms with Crippen LogP contribution < -0.4 is 12.4 Å². The molecule has 172 valence electrons. The van der Waals surface area contributed by atoms with Crippen LogP contribution in [-0.2, 0) is 9.53 Å². The molecule has 0 aromatic carbocycles. The van der Waals surface area contributed by atoms with E-state index in [-0.39, 0.29) is 18.4 Å². The predicted molar refractivity (Wildman–Crippen MR) is 118 cm³/mol. The molecule has 2 aliphatic carbocycles. The molecule has 0 bridgehead atoms. The van der Waals surface area contributed by atoms with Crippen molar-refractivity contribution in [3.63, 3.8) is 0 Å². The van der Waals surface area contributed by atoms with Gasteiger partial charge in [0.1, 0.15) is 0 Å². The number of hydrogen-bond donors (Lipinski definition) is 0. The Kier molecular flexibility index (Phi) is 14.3. The number of esters is 1. The SMILES string of the molecule is COC(=O)CCCCCCCCCC[N+](C)(C1CCCCC1)C1CCCCC1.[Cl-]. The Morgan fingerprint density at radius 3 is 1.59 bits per heavy atom. The number of carbonyl (C=O) groups is 1. The van der Waals surface area contributed by atoms with Crippen molar-refractivity contribution >= 4 is 5.97 Å². The van der Waals surface area contributed by atoms with E-state index in [4.69, 9.17) is 4.74 Å². The molecule has 0 aromatic heterocycles. The van der Waals surface area contributed by atoms with Gasteiger partial charge in [-0.2, -0.15) is 0 Å². The predicted octanol–water partition coefficient (Wildman–Crippen LogP) is 3.79. The van der Waals surface area contributed by atoms with E-state index in [1.54, 1.807) is 0 Å². The third-order valence-corrected chi connectivity index (χ3v) is 7.82. The van der Waals surface area contributed by atoms with Crippen LogP contribution in [0.3, 0.4) is 0 Å². The highest BCUT2D eigenvalue weighted by atomic mass is 35.5. The van der Waals surface area contributed by atoms with Crippen LogP contribution in [0.15, 0.2) is 0 Å². The largest absolute Gasteiger partial charge is 1.00 e. The average molecular weight is 430 g/mol. The highest BCUT2D eigenvalue weighted by Gasteiger charge is 2.40. The van der Waals surface area contributed by atoms with Crippen LogP contribution in [0.5, 0.6) is 0 Å². The van der Waals surface area contributed by atoms with Crippen molar-refractivity contribution in [3.05, 3.63) is 0 Å². The maximum atomic E-state index is 11.1. The number of halogens is 1. The number of methoxy groups -OCH3 is 1. The Hall–Kier alpha value is -0.280.